The maximum Gasteiger partial charge on any atom is 0.176 e. The second-order valence-corrected chi connectivity index (χ2v) is 7.37. The third kappa shape index (κ3) is 5.09. The van der Waals surface area contributed by atoms with Crippen LogP contribution >= 0.6 is 12.2 Å². The molecule has 0 amide bonds. The van der Waals surface area contributed by atoms with E-state index in [4.69, 9.17) is 12.2 Å². The standard InChI is InChI=1S/C22H21FN6S/c1-16-5-2-3-7-18(16)14-28-10-9-21(27-28)26-22(30)25-20-12-24-29(15-20)13-17-6-4-8-19(23)11-17/h2-12,15H,13-14H2,1H3,(H2,25,26,27,30). The van der Waals surface area contributed by atoms with Crippen molar-refractivity contribution in [1.82, 2.24) is 19.6 Å². The molecular formula is C22H21FN6S. The predicted octanol–water partition coefficient (Wildman–Crippen LogP) is 4.43. The number of nitrogens with one attached hydrogen (secondary N) is 2. The average molecular weight is 421 g/mol. The summed E-state index contributed by atoms with van der Waals surface area (Å²) < 4.78 is 16.9. The molecule has 0 saturated carbocycles. The number of thiocarbonyl (C=S) groups is 1. The summed E-state index contributed by atoms with van der Waals surface area (Å²) in [4.78, 5) is 0. The van der Waals surface area contributed by atoms with Crippen LogP contribution in [-0.4, -0.2) is 24.7 Å². The number of nitrogens with zero attached hydrogens (tertiary/aromatic N) is 4. The highest BCUT2D eigenvalue weighted by Gasteiger charge is 2.06. The highest BCUT2D eigenvalue weighted by molar-refractivity contribution is 7.80. The van der Waals surface area contributed by atoms with E-state index in [2.05, 4.69) is 39.9 Å². The Labute approximate surface area is 179 Å². The van der Waals surface area contributed by atoms with Crippen LogP contribution in [0.4, 0.5) is 15.9 Å². The Morgan fingerprint density at radius 2 is 1.90 bits per heavy atom. The SMILES string of the molecule is Cc1ccccc1Cn1ccc(NC(=S)Nc2cnn(Cc3cccc(F)c3)c2)n1. The van der Waals surface area contributed by atoms with Gasteiger partial charge in [0.15, 0.2) is 10.9 Å². The number of hydrogen-bond donors (Lipinski definition) is 2. The molecule has 0 unspecified atom stereocenters. The van der Waals surface area contributed by atoms with Gasteiger partial charge in [0.1, 0.15) is 5.82 Å². The van der Waals surface area contributed by atoms with E-state index >= 15 is 0 Å². The Morgan fingerprint density at radius 1 is 1.03 bits per heavy atom. The zero-order chi connectivity index (χ0) is 20.9. The Morgan fingerprint density at radius 3 is 2.73 bits per heavy atom. The second kappa shape index (κ2) is 8.87. The number of aromatic nitrogens is 4. The molecule has 2 N–H and O–H groups in total. The molecule has 0 spiro atoms. The van der Waals surface area contributed by atoms with Crippen LogP contribution in [0.5, 0.6) is 0 Å². The van der Waals surface area contributed by atoms with Crippen LogP contribution in [-0.2, 0) is 13.1 Å². The number of aryl methyl sites for hydroxylation is 1. The van der Waals surface area contributed by atoms with Crippen molar-refractivity contribution in [2.75, 3.05) is 10.6 Å². The maximum absolute atomic E-state index is 13.3. The summed E-state index contributed by atoms with van der Waals surface area (Å²) in [5.74, 6) is 0.401. The molecule has 30 heavy (non-hydrogen) atoms. The molecule has 2 aromatic carbocycles. The van der Waals surface area contributed by atoms with Crippen molar-refractivity contribution in [3.05, 3.63) is 95.7 Å². The molecule has 0 aliphatic carbocycles. The summed E-state index contributed by atoms with van der Waals surface area (Å²) in [6.45, 7) is 3.26. The van der Waals surface area contributed by atoms with Gasteiger partial charge < -0.3 is 10.6 Å². The molecule has 4 rings (SSSR count). The largest absolute Gasteiger partial charge is 0.330 e. The monoisotopic (exact) mass is 420 g/mol. The number of halogens is 1. The van der Waals surface area contributed by atoms with Gasteiger partial charge in [-0.15, -0.1) is 0 Å². The minimum atomic E-state index is -0.259. The van der Waals surface area contributed by atoms with Crippen molar-refractivity contribution in [3.8, 4) is 0 Å². The Kier molecular flexibility index (Phi) is 5.85. The van der Waals surface area contributed by atoms with Gasteiger partial charge in [-0.2, -0.15) is 10.2 Å². The lowest BCUT2D eigenvalue weighted by Crippen LogP contribution is -2.19. The van der Waals surface area contributed by atoms with Gasteiger partial charge in [0.25, 0.3) is 0 Å². The topological polar surface area (TPSA) is 59.7 Å². The molecule has 0 bridgehead atoms. The first-order chi connectivity index (χ1) is 14.5. The maximum atomic E-state index is 13.3. The van der Waals surface area contributed by atoms with E-state index in [9.17, 15) is 4.39 Å². The van der Waals surface area contributed by atoms with E-state index in [-0.39, 0.29) is 5.82 Å². The van der Waals surface area contributed by atoms with Crippen molar-refractivity contribution >= 4 is 28.8 Å². The first-order valence-electron chi connectivity index (χ1n) is 9.48. The van der Waals surface area contributed by atoms with E-state index in [0.29, 0.717) is 24.0 Å². The summed E-state index contributed by atoms with van der Waals surface area (Å²) in [5.41, 5.74) is 4.03. The second-order valence-electron chi connectivity index (χ2n) is 6.96. The van der Waals surface area contributed by atoms with E-state index in [0.717, 1.165) is 11.3 Å². The third-order valence-corrected chi connectivity index (χ3v) is 4.80. The van der Waals surface area contributed by atoms with E-state index in [1.807, 2.05) is 41.3 Å². The van der Waals surface area contributed by atoms with Gasteiger partial charge in [-0.05, 0) is 48.0 Å². The van der Waals surface area contributed by atoms with Gasteiger partial charge in [0.05, 0.1) is 25.0 Å². The lowest BCUT2D eigenvalue weighted by molar-refractivity contribution is 0.619. The fourth-order valence-corrected chi connectivity index (χ4v) is 3.32. The first-order valence-corrected chi connectivity index (χ1v) is 9.89. The highest BCUT2D eigenvalue weighted by Crippen LogP contribution is 2.12. The summed E-state index contributed by atoms with van der Waals surface area (Å²) in [6, 6.07) is 16.6. The summed E-state index contributed by atoms with van der Waals surface area (Å²) in [7, 11) is 0. The van der Waals surface area contributed by atoms with Crippen molar-refractivity contribution in [2.24, 2.45) is 0 Å². The molecule has 0 fully saturated rings. The summed E-state index contributed by atoms with van der Waals surface area (Å²) in [6.07, 6.45) is 5.40. The van der Waals surface area contributed by atoms with E-state index < -0.39 is 0 Å². The minimum absolute atomic E-state index is 0.259. The average Bonchev–Trinajstić information content (AvgIpc) is 3.33. The van der Waals surface area contributed by atoms with Crippen molar-refractivity contribution < 1.29 is 4.39 Å². The van der Waals surface area contributed by atoms with E-state index in [1.54, 1.807) is 16.9 Å². The number of hydrogen-bond acceptors (Lipinski definition) is 3. The van der Waals surface area contributed by atoms with Gasteiger partial charge in [0, 0.05) is 18.5 Å². The van der Waals surface area contributed by atoms with Crippen molar-refractivity contribution in [1.29, 1.82) is 0 Å². The molecule has 0 atom stereocenters. The molecule has 2 aromatic heterocycles. The van der Waals surface area contributed by atoms with Crippen LogP contribution in [0.2, 0.25) is 0 Å². The lowest BCUT2D eigenvalue weighted by atomic mass is 10.1. The normalized spacial score (nSPS) is 10.7. The van der Waals surface area contributed by atoms with Crippen LogP contribution in [0.3, 0.4) is 0 Å². The van der Waals surface area contributed by atoms with Gasteiger partial charge in [0.2, 0.25) is 0 Å². The zero-order valence-corrected chi connectivity index (χ0v) is 17.2. The predicted molar refractivity (Wildman–Crippen MR) is 120 cm³/mol. The van der Waals surface area contributed by atoms with Gasteiger partial charge in [-0.1, -0.05) is 36.4 Å². The van der Waals surface area contributed by atoms with Gasteiger partial charge in [-0.3, -0.25) is 9.36 Å². The molecule has 0 aliphatic rings. The molecule has 0 aliphatic heterocycles. The highest BCUT2D eigenvalue weighted by atomic mass is 32.1. The smallest absolute Gasteiger partial charge is 0.176 e. The molecule has 0 radical (unpaired) electrons. The summed E-state index contributed by atoms with van der Waals surface area (Å²) >= 11 is 5.38. The number of benzene rings is 2. The van der Waals surface area contributed by atoms with Crippen LogP contribution in [0.1, 0.15) is 16.7 Å². The Hall–Kier alpha value is -3.52. The Balaban J connectivity index is 1.32. The van der Waals surface area contributed by atoms with Gasteiger partial charge >= 0.3 is 0 Å². The fourth-order valence-electron chi connectivity index (χ4n) is 3.09. The fraction of sp³-hybridized carbons (Fsp3) is 0.136. The number of rotatable bonds is 6. The van der Waals surface area contributed by atoms with Crippen molar-refractivity contribution in [3.63, 3.8) is 0 Å². The third-order valence-electron chi connectivity index (χ3n) is 4.60. The van der Waals surface area contributed by atoms with E-state index in [1.165, 1.54) is 23.3 Å². The molecule has 4 aromatic rings. The minimum Gasteiger partial charge on any atom is -0.330 e. The summed E-state index contributed by atoms with van der Waals surface area (Å²) in [5, 5.41) is 15.4. The molecule has 6 nitrogen and oxygen atoms in total. The molecule has 8 heteroatoms. The lowest BCUT2D eigenvalue weighted by Gasteiger charge is -2.07. The van der Waals surface area contributed by atoms with Crippen LogP contribution in [0.25, 0.3) is 0 Å². The molecule has 0 saturated heterocycles. The van der Waals surface area contributed by atoms with Crippen molar-refractivity contribution in [2.45, 2.75) is 20.0 Å². The first kappa shape index (κ1) is 19.8. The Bertz CT molecular complexity index is 1170. The van der Waals surface area contributed by atoms with Crippen LogP contribution < -0.4 is 10.6 Å². The van der Waals surface area contributed by atoms with Crippen LogP contribution in [0, 0.1) is 12.7 Å². The van der Waals surface area contributed by atoms with Crippen LogP contribution in [0.15, 0.2) is 73.2 Å². The number of anilines is 2. The quantitative estimate of drug-likeness (QED) is 0.452. The zero-order valence-electron chi connectivity index (χ0n) is 16.4. The molecule has 152 valence electrons. The molecule has 2 heterocycles. The molecular weight excluding hydrogens is 399 g/mol. The van der Waals surface area contributed by atoms with Gasteiger partial charge in [-0.25, -0.2) is 4.39 Å².